The lowest BCUT2D eigenvalue weighted by atomic mass is 9.34. The Labute approximate surface area is 374 Å². The summed E-state index contributed by atoms with van der Waals surface area (Å²) >= 11 is 0. The average molecular weight is 827 g/mol. The number of benzene rings is 8. The Bertz CT molecular complexity index is 2670. The maximum Gasteiger partial charge on any atom is 0.242 e. The molecule has 0 saturated heterocycles. The van der Waals surface area contributed by atoms with E-state index in [1.165, 1.54) is 49.8 Å². The van der Waals surface area contributed by atoms with Crippen molar-refractivity contribution in [3.63, 3.8) is 0 Å². The molecule has 0 radical (unpaired) electrons. The quantitative estimate of drug-likeness (QED) is 0.108. The molecular formula is C57H55BN2O3. The van der Waals surface area contributed by atoms with Crippen LogP contribution in [0.15, 0.2) is 170 Å². The van der Waals surface area contributed by atoms with Crippen molar-refractivity contribution < 1.29 is 14.2 Å². The lowest BCUT2D eigenvalue weighted by Gasteiger charge is -2.28. The zero-order chi connectivity index (χ0) is 44.2. The molecule has 0 aliphatic rings. The molecule has 63 heavy (non-hydrogen) atoms. The Morgan fingerprint density at radius 2 is 0.556 bits per heavy atom. The van der Waals surface area contributed by atoms with Crippen LogP contribution in [0.2, 0.25) is 0 Å². The second-order valence-electron chi connectivity index (χ2n) is 16.5. The molecule has 8 aromatic rings. The van der Waals surface area contributed by atoms with E-state index in [1.54, 1.807) is 21.3 Å². The normalized spacial score (nSPS) is 10.9. The fourth-order valence-electron chi connectivity index (χ4n) is 9.28. The van der Waals surface area contributed by atoms with Gasteiger partial charge < -0.3 is 24.0 Å². The van der Waals surface area contributed by atoms with Crippen molar-refractivity contribution in [2.75, 3.05) is 31.1 Å². The molecule has 0 atom stereocenters. The number of hydrogen-bond acceptors (Lipinski definition) is 5. The number of aryl methyl sites for hydroxylation is 6. The van der Waals surface area contributed by atoms with Crippen LogP contribution in [0.5, 0.6) is 17.2 Å². The number of nitrogens with zero attached hydrogens (tertiary/aromatic N) is 2. The van der Waals surface area contributed by atoms with Gasteiger partial charge in [-0.05, 0) is 162 Å². The molecule has 0 unspecified atom stereocenters. The van der Waals surface area contributed by atoms with Crippen LogP contribution in [0, 0.1) is 41.5 Å². The summed E-state index contributed by atoms with van der Waals surface area (Å²) in [6.07, 6.45) is 0. The summed E-state index contributed by atoms with van der Waals surface area (Å²) in [4.78, 5) is 4.55. The third-order valence-electron chi connectivity index (χ3n) is 12.1. The molecule has 0 aliphatic heterocycles. The Hall–Kier alpha value is -7.18. The molecule has 0 spiro atoms. The highest BCUT2D eigenvalue weighted by Gasteiger charge is 2.29. The van der Waals surface area contributed by atoms with Gasteiger partial charge in [-0.3, -0.25) is 0 Å². The van der Waals surface area contributed by atoms with E-state index in [9.17, 15) is 0 Å². The van der Waals surface area contributed by atoms with E-state index in [4.69, 9.17) is 14.2 Å². The fraction of sp³-hybridized carbons (Fsp3) is 0.158. The van der Waals surface area contributed by atoms with Crippen molar-refractivity contribution in [2.24, 2.45) is 0 Å². The predicted octanol–water partition coefficient (Wildman–Crippen LogP) is 12.7. The molecule has 0 amide bonds. The Balaban J connectivity index is 1.14. The smallest absolute Gasteiger partial charge is 0.242 e. The first-order chi connectivity index (χ1) is 30.5. The summed E-state index contributed by atoms with van der Waals surface area (Å²) in [5, 5.41) is 0. The van der Waals surface area contributed by atoms with Gasteiger partial charge in [0.25, 0.3) is 0 Å². The molecule has 0 aliphatic carbocycles. The van der Waals surface area contributed by atoms with Gasteiger partial charge in [0.05, 0.1) is 21.3 Å². The Kier molecular flexibility index (Phi) is 12.4. The van der Waals surface area contributed by atoms with Crippen molar-refractivity contribution in [3.8, 4) is 28.4 Å². The number of hydrogen-bond donors (Lipinski definition) is 0. The third kappa shape index (κ3) is 8.94. The van der Waals surface area contributed by atoms with Crippen LogP contribution < -0.4 is 40.4 Å². The number of methoxy groups -OCH3 is 3. The van der Waals surface area contributed by atoms with Gasteiger partial charge in [0.15, 0.2) is 0 Å². The van der Waals surface area contributed by atoms with E-state index < -0.39 is 0 Å². The minimum atomic E-state index is 0.0971. The van der Waals surface area contributed by atoms with Gasteiger partial charge in [-0.2, -0.15) is 0 Å². The largest absolute Gasteiger partial charge is 0.497 e. The number of ether oxygens (including phenoxy) is 3. The average Bonchev–Trinajstić information content (AvgIpc) is 3.29. The Morgan fingerprint density at radius 1 is 0.317 bits per heavy atom. The van der Waals surface area contributed by atoms with Crippen LogP contribution in [0.25, 0.3) is 11.1 Å². The first-order valence-electron chi connectivity index (χ1n) is 21.5. The summed E-state index contributed by atoms with van der Waals surface area (Å²) in [5.41, 5.74) is 20.5. The van der Waals surface area contributed by atoms with E-state index >= 15 is 0 Å². The minimum Gasteiger partial charge on any atom is -0.497 e. The van der Waals surface area contributed by atoms with E-state index in [0.29, 0.717) is 0 Å². The summed E-state index contributed by atoms with van der Waals surface area (Å²) in [6, 6.07) is 60.6. The van der Waals surface area contributed by atoms with Crippen LogP contribution >= 0.6 is 0 Å². The minimum absolute atomic E-state index is 0.0971. The van der Waals surface area contributed by atoms with Gasteiger partial charge in [0.1, 0.15) is 17.2 Å². The lowest BCUT2D eigenvalue weighted by molar-refractivity contribution is 0.414. The van der Waals surface area contributed by atoms with Gasteiger partial charge in [-0.15, -0.1) is 0 Å². The van der Waals surface area contributed by atoms with Crippen LogP contribution in [0.1, 0.15) is 33.4 Å². The van der Waals surface area contributed by atoms with E-state index in [-0.39, 0.29) is 6.71 Å². The van der Waals surface area contributed by atoms with Crippen molar-refractivity contribution >= 4 is 57.2 Å². The van der Waals surface area contributed by atoms with Crippen LogP contribution in [-0.2, 0) is 0 Å². The fourth-order valence-corrected chi connectivity index (χ4v) is 9.28. The maximum atomic E-state index is 5.56. The lowest BCUT2D eigenvalue weighted by Crippen LogP contribution is -2.55. The van der Waals surface area contributed by atoms with E-state index in [0.717, 1.165) is 62.5 Å². The molecule has 0 fully saturated rings. The second kappa shape index (κ2) is 18.4. The highest BCUT2D eigenvalue weighted by molar-refractivity contribution is 6.96. The standard InChI is InChI=1S/C57H55BN2O3/c1-38-34-40(3)56(41(4)35-38)58(57-42(5)36-39(2)37-43(57)6)46-14-20-49(21-15-46)59(50-22-28-53(61-7)29-23-50)47-16-10-44(11-17-47)45-12-18-48(19-13-45)60(51-24-30-54(62-8)31-25-51)52-26-32-55(63-9)33-27-52/h10-37H,1-9H3. The first-order valence-corrected chi connectivity index (χ1v) is 21.5. The van der Waals surface area contributed by atoms with Crippen molar-refractivity contribution in [1.29, 1.82) is 0 Å². The third-order valence-corrected chi connectivity index (χ3v) is 12.1. The van der Waals surface area contributed by atoms with E-state index in [1.807, 2.05) is 36.4 Å². The molecule has 5 nitrogen and oxygen atoms in total. The maximum absolute atomic E-state index is 5.56. The summed E-state index contributed by atoms with van der Waals surface area (Å²) in [7, 11) is 5.08. The summed E-state index contributed by atoms with van der Waals surface area (Å²) in [6.45, 7) is 13.5. The van der Waals surface area contributed by atoms with Gasteiger partial charge >= 0.3 is 0 Å². The molecule has 0 aromatic heterocycles. The van der Waals surface area contributed by atoms with Crippen molar-refractivity contribution in [2.45, 2.75) is 41.5 Å². The molecule has 0 saturated carbocycles. The topological polar surface area (TPSA) is 34.2 Å². The molecule has 6 heteroatoms. The summed E-state index contributed by atoms with van der Waals surface area (Å²) in [5.74, 6) is 2.45. The van der Waals surface area contributed by atoms with Gasteiger partial charge in [0, 0.05) is 34.1 Å². The summed E-state index contributed by atoms with van der Waals surface area (Å²) < 4.78 is 16.5. The van der Waals surface area contributed by atoms with Gasteiger partial charge in [-0.1, -0.05) is 110 Å². The van der Waals surface area contributed by atoms with Gasteiger partial charge in [0.2, 0.25) is 6.71 Å². The molecule has 8 rings (SSSR count). The van der Waals surface area contributed by atoms with Crippen molar-refractivity contribution in [3.05, 3.63) is 203 Å². The molecule has 8 aromatic carbocycles. The molecule has 0 N–H and O–H groups in total. The second-order valence-corrected chi connectivity index (χ2v) is 16.5. The molecular weight excluding hydrogens is 771 g/mol. The molecule has 0 bridgehead atoms. The number of rotatable bonds is 13. The van der Waals surface area contributed by atoms with E-state index in [2.05, 4.69) is 185 Å². The highest BCUT2D eigenvalue weighted by atomic mass is 16.5. The van der Waals surface area contributed by atoms with Crippen molar-refractivity contribution in [1.82, 2.24) is 0 Å². The zero-order valence-electron chi connectivity index (χ0n) is 37.9. The van der Waals surface area contributed by atoms with Crippen LogP contribution in [-0.4, -0.2) is 28.0 Å². The number of anilines is 6. The highest BCUT2D eigenvalue weighted by Crippen LogP contribution is 2.39. The van der Waals surface area contributed by atoms with Gasteiger partial charge in [-0.25, -0.2) is 0 Å². The first kappa shape index (κ1) is 42.5. The molecule has 0 heterocycles. The van der Waals surface area contributed by atoms with Crippen LogP contribution in [0.3, 0.4) is 0 Å². The van der Waals surface area contributed by atoms with Crippen LogP contribution in [0.4, 0.5) is 34.1 Å². The molecule has 314 valence electrons. The monoisotopic (exact) mass is 826 g/mol. The Morgan fingerprint density at radius 3 is 0.810 bits per heavy atom. The predicted molar refractivity (Wildman–Crippen MR) is 267 cm³/mol. The SMILES string of the molecule is COc1ccc(N(c2ccc(OC)cc2)c2ccc(-c3ccc(N(c4ccc(OC)cc4)c4ccc(B(c5c(C)cc(C)cc5C)c5c(C)cc(C)cc5C)cc4)cc3)cc2)cc1. The zero-order valence-corrected chi connectivity index (χ0v) is 37.9.